The van der Waals surface area contributed by atoms with Gasteiger partial charge in [-0.15, -0.1) is 12.4 Å². The molecule has 0 aromatic heterocycles. The third-order valence-corrected chi connectivity index (χ3v) is 6.80. The number of likely N-dealkylation sites (tertiary alicyclic amines) is 2. The van der Waals surface area contributed by atoms with Crippen LogP contribution in [0.25, 0.3) is 0 Å². The monoisotopic (exact) mass is 371 g/mol. The summed E-state index contributed by atoms with van der Waals surface area (Å²) in [7, 11) is 0. The molecule has 25 heavy (non-hydrogen) atoms. The quantitative estimate of drug-likeness (QED) is 0.825. The van der Waals surface area contributed by atoms with Crippen molar-refractivity contribution in [2.75, 3.05) is 39.3 Å². The maximum atomic E-state index is 13.3. The van der Waals surface area contributed by atoms with Gasteiger partial charge >= 0.3 is 0 Å². The fraction of sp³-hybridized carbons (Fsp3) is 0.895. The van der Waals surface area contributed by atoms with Crippen LogP contribution in [0, 0.1) is 29.1 Å². The van der Waals surface area contributed by atoms with E-state index in [2.05, 4.69) is 33.0 Å². The highest BCUT2D eigenvalue weighted by Gasteiger charge is 2.48. The van der Waals surface area contributed by atoms with E-state index in [1.807, 2.05) is 9.80 Å². The lowest BCUT2D eigenvalue weighted by Crippen LogP contribution is -2.47. The number of hydrogen-bond donors (Lipinski definition) is 1. The summed E-state index contributed by atoms with van der Waals surface area (Å²) < 4.78 is 0. The summed E-state index contributed by atoms with van der Waals surface area (Å²) in [4.78, 5) is 30.1. The van der Waals surface area contributed by atoms with Crippen molar-refractivity contribution in [2.45, 2.75) is 40.5 Å². The van der Waals surface area contributed by atoms with E-state index in [1.54, 1.807) is 0 Å². The highest BCUT2D eigenvalue weighted by molar-refractivity contribution is 5.90. The van der Waals surface area contributed by atoms with Gasteiger partial charge in [-0.2, -0.15) is 0 Å². The normalized spacial score (nSPS) is 38.1. The molecule has 0 aliphatic carbocycles. The predicted molar refractivity (Wildman–Crippen MR) is 102 cm³/mol. The van der Waals surface area contributed by atoms with Gasteiger partial charge in [0.1, 0.15) is 0 Å². The van der Waals surface area contributed by atoms with E-state index < -0.39 is 5.41 Å². The van der Waals surface area contributed by atoms with Gasteiger partial charge in [0.25, 0.3) is 0 Å². The number of rotatable bonds is 3. The molecule has 3 saturated heterocycles. The Kier molecular flexibility index (Phi) is 6.42. The number of carbonyl (C=O) groups excluding carboxylic acids is 2. The first-order valence-corrected chi connectivity index (χ1v) is 9.60. The second kappa shape index (κ2) is 7.83. The summed E-state index contributed by atoms with van der Waals surface area (Å²) in [6.07, 6.45) is 1.16. The summed E-state index contributed by atoms with van der Waals surface area (Å²) in [5, 5.41) is 3.34. The predicted octanol–water partition coefficient (Wildman–Crippen LogP) is 2.01. The van der Waals surface area contributed by atoms with Crippen molar-refractivity contribution in [3.05, 3.63) is 0 Å². The van der Waals surface area contributed by atoms with Crippen LogP contribution < -0.4 is 5.32 Å². The molecule has 0 radical (unpaired) electrons. The van der Waals surface area contributed by atoms with Gasteiger partial charge < -0.3 is 15.1 Å². The van der Waals surface area contributed by atoms with Crippen molar-refractivity contribution in [1.29, 1.82) is 0 Å². The minimum absolute atomic E-state index is 0. The minimum atomic E-state index is -0.518. The number of halogens is 1. The van der Waals surface area contributed by atoms with E-state index in [0.29, 0.717) is 36.6 Å². The Hall–Kier alpha value is -0.810. The zero-order chi connectivity index (χ0) is 17.5. The Bertz CT molecular complexity index is 487. The molecule has 3 heterocycles. The van der Waals surface area contributed by atoms with Crippen LogP contribution in [-0.4, -0.2) is 60.9 Å². The lowest BCUT2D eigenvalue weighted by molar-refractivity contribution is -0.146. The van der Waals surface area contributed by atoms with Gasteiger partial charge in [0, 0.05) is 39.1 Å². The van der Waals surface area contributed by atoms with Crippen LogP contribution in [0.15, 0.2) is 0 Å². The van der Waals surface area contributed by atoms with Gasteiger partial charge in [-0.3, -0.25) is 9.59 Å². The van der Waals surface area contributed by atoms with E-state index in [1.165, 1.54) is 0 Å². The molecule has 3 fully saturated rings. The van der Waals surface area contributed by atoms with E-state index >= 15 is 0 Å². The van der Waals surface area contributed by atoms with Crippen molar-refractivity contribution < 1.29 is 9.59 Å². The van der Waals surface area contributed by atoms with Crippen molar-refractivity contribution in [2.24, 2.45) is 29.1 Å². The molecule has 0 aromatic rings. The smallest absolute Gasteiger partial charge is 0.230 e. The molecule has 0 bridgehead atoms. The first-order chi connectivity index (χ1) is 11.3. The fourth-order valence-corrected chi connectivity index (χ4v) is 4.52. The van der Waals surface area contributed by atoms with Crippen LogP contribution in [0.3, 0.4) is 0 Å². The zero-order valence-electron chi connectivity index (χ0n) is 16.1. The Morgan fingerprint density at radius 2 is 1.40 bits per heavy atom. The summed E-state index contributed by atoms with van der Waals surface area (Å²) >= 11 is 0. The van der Waals surface area contributed by atoms with Gasteiger partial charge in [-0.05, 0) is 36.6 Å². The minimum Gasteiger partial charge on any atom is -0.342 e. The molecule has 0 spiro atoms. The highest BCUT2D eigenvalue weighted by atomic mass is 35.5. The van der Waals surface area contributed by atoms with Gasteiger partial charge in [-0.1, -0.05) is 27.7 Å². The Morgan fingerprint density at radius 3 is 1.84 bits per heavy atom. The Labute approximate surface area is 158 Å². The van der Waals surface area contributed by atoms with Crippen molar-refractivity contribution in [3.63, 3.8) is 0 Å². The number of nitrogens with one attached hydrogen (secondary N) is 1. The van der Waals surface area contributed by atoms with Crippen LogP contribution in [0.4, 0.5) is 0 Å². The zero-order valence-corrected chi connectivity index (χ0v) is 16.9. The average Bonchev–Trinajstić information content (AvgIpc) is 3.22. The van der Waals surface area contributed by atoms with Crippen LogP contribution in [0.1, 0.15) is 40.5 Å². The second-order valence-electron chi connectivity index (χ2n) is 8.80. The SMILES string of the molecule is CC1CN(C(=O)CC2(C(=O)N3CC(C)C(C)C3)CCNC2)CC1C.Cl. The van der Waals surface area contributed by atoms with Gasteiger partial charge in [-0.25, -0.2) is 0 Å². The van der Waals surface area contributed by atoms with Crippen molar-refractivity contribution >= 4 is 24.2 Å². The van der Waals surface area contributed by atoms with Gasteiger partial charge in [0.2, 0.25) is 11.8 Å². The molecule has 6 heteroatoms. The first-order valence-electron chi connectivity index (χ1n) is 9.60. The molecular weight excluding hydrogens is 338 g/mol. The molecule has 5 unspecified atom stereocenters. The lowest BCUT2D eigenvalue weighted by Gasteiger charge is -2.32. The molecule has 0 aromatic carbocycles. The third kappa shape index (κ3) is 3.97. The largest absolute Gasteiger partial charge is 0.342 e. The highest BCUT2D eigenvalue weighted by Crippen LogP contribution is 2.36. The topological polar surface area (TPSA) is 52.7 Å². The molecule has 2 amide bonds. The average molecular weight is 372 g/mol. The Balaban J connectivity index is 0.00000225. The van der Waals surface area contributed by atoms with Crippen molar-refractivity contribution in [3.8, 4) is 0 Å². The molecule has 5 atom stereocenters. The molecule has 0 saturated carbocycles. The number of nitrogens with zero attached hydrogens (tertiary/aromatic N) is 2. The van der Waals surface area contributed by atoms with Crippen LogP contribution in [-0.2, 0) is 9.59 Å². The van der Waals surface area contributed by atoms with Gasteiger partial charge in [0.15, 0.2) is 0 Å². The van der Waals surface area contributed by atoms with Crippen LogP contribution >= 0.6 is 12.4 Å². The van der Waals surface area contributed by atoms with E-state index in [4.69, 9.17) is 0 Å². The summed E-state index contributed by atoms with van der Waals surface area (Å²) in [5.74, 6) is 2.60. The lowest BCUT2D eigenvalue weighted by atomic mass is 9.81. The molecule has 1 N–H and O–H groups in total. The van der Waals surface area contributed by atoms with Crippen LogP contribution in [0.2, 0.25) is 0 Å². The second-order valence-corrected chi connectivity index (χ2v) is 8.80. The maximum absolute atomic E-state index is 13.3. The number of hydrogen-bond acceptors (Lipinski definition) is 3. The fourth-order valence-electron chi connectivity index (χ4n) is 4.52. The summed E-state index contributed by atoms with van der Waals surface area (Å²) in [6.45, 7) is 13.7. The molecule has 3 aliphatic rings. The van der Waals surface area contributed by atoms with E-state index in [9.17, 15) is 9.59 Å². The van der Waals surface area contributed by atoms with Crippen LogP contribution in [0.5, 0.6) is 0 Å². The Morgan fingerprint density at radius 1 is 0.920 bits per heavy atom. The molecular formula is C19H34ClN3O2. The standard InChI is InChI=1S/C19H33N3O2.ClH/c1-13-8-21(9-14(13)2)17(23)7-19(5-6-20-12-19)18(24)22-10-15(3)16(4)11-22;/h13-16,20H,5-12H2,1-4H3;1H. The molecule has 5 nitrogen and oxygen atoms in total. The molecule has 144 valence electrons. The van der Waals surface area contributed by atoms with Crippen molar-refractivity contribution in [1.82, 2.24) is 15.1 Å². The molecule has 3 aliphatic heterocycles. The van der Waals surface area contributed by atoms with E-state index in [-0.39, 0.29) is 24.2 Å². The third-order valence-electron chi connectivity index (χ3n) is 6.80. The molecule has 3 rings (SSSR count). The number of carbonyl (C=O) groups is 2. The number of amides is 2. The summed E-state index contributed by atoms with van der Waals surface area (Å²) in [5.41, 5.74) is -0.518. The van der Waals surface area contributed by atoms with E-state index in [0.717, 1.165) is 39.1 Å². The summed E-state index contributed by atoms with van der Waals surface area (Å²) in [6, 6.07) is 0. The maximum Gasteiger partial charge on any atom is 0.230 e. The van der Waals surface area contributed by atoms with Gasteiger partial charge in [0.05, 0.1) is 5.41 Å². The first kappa shape index (κ1) is 20.5.